The van der Waals surface area contributed by atoms with E-state index in [9.17, 15) is 4.39 Å². The molecule has 0 aromatic rings. The predicted octanol–water partition coefficient (Wildman–Crippen LogP) is 1.13. The van der Waals surface area contributed by atoms with Crippen LogP contribution in [0, 0.1) is 0 Å². The van der Waals surface area contributed by atoms with Crippen LogP contribution in [0.2, 0.25) is 0 Å². The van der Waals surface area contributed by atoms with Crippen molar-refractivity contribution < 1.29 is 14.2 Å². The molecule has 0 spiro atoms. The van der Waals surface area contributed by atoms with Gasteiger partial charge in [0.25, 0.3) is 0 Å². The summed E-state index contributed by atoms with van der Waals surface area (Å²) in [5.41, 5.74) is -0.295. The van der Waals surface area contributed by atoms with Gasteiger partial charge in [-0.3, -0.25) is 0 Å². The molecule has 0 bridgehead atoms. The van der Waals surface area contributed by atoms with Crippen molar-refractivity contribution in [1.29, 1.82) is 0 Å². The van der Waals surface area contributed by atoms with E-state index >= 15 is 0 Å². The summed E-state index contributed by atoms with van der Waals surface area (Å²) >= 11 is 0. The molecule has 1 N–H and O–H groups in total. The lowest BCUT2D eigenvalue weighted by Gasteiger charge is -2.20. The van der Waals surface area contributed by atoms with Gasteiger partial charge < -0.3 is 9.84 Å². The van der Waals surface area contributed by atoms with Crippen LogP contribution in [0.25, 0.3) is 0 Å². The molecule has 1 unspecified atom stereocenters. The van der Waals surface area contributed by atoms with Crippen LogP contribution in [-0.4, -0.2) is 30.1 Å². The first kappa shape index (κ1) is 9.85. The van der Waals surface area contributed by atoms with Crippen molar-refractivity contribution in [1.82, 2.24) is 0 Å². The zero-order valence-corrected chi connectivity index (χ0v) is 6.72. The third-order valence-corrected chi connectivity index (χ3v) is 0.887. The van der Waals surface area contributed by atoms with E-state index in [0.29, 0.717) is 0 Å². The largest absolute Gasteiger partial charge is 0.388 e. The lowest BCUT2D eigenvalue weighted by atomic mass is 10.2. The number of alkyl halides is 1. The molecule has 10 heavy (non-hydrogen) atoms. The molecule has 2 nitrogen and oxygen atoms in total. The molecule has 0 amide bonds. The fraction of sp³-hybridized carbons (Fsp3) is 1.00. The second kappa shape index (κ2) is 3.88. The smallest absolute Gasteiger partial charge is 0.118 e. The highest BCUT2D eigenvalue weighted by Gasteiger charge is 2.12. The van der Waals surface area contributed by atoms with Gasteiger partial charge >= 0.3 is 0 Å². The highest BCUT2D eigenvalue weighted by Crippen LogP contribution is 2.06. The summed E-state index contributed by atoms with van der Waals surface area (Å²) in [6.07, 6.45) is -0.973. The summed E-state index contributed by atoms with van der Waals surface area (Å²) in [5, 5.41) is 8.72. The zero-order valence-electron chi connectivity index (χ0n) is 6.72. The Morgan fingerprint density at radius 3 is 2.30 bits per heavy atom. The van der Waals surface area contributed by atoms with Crippen LogP contribution in [0.15, 0.2) is 0 Å². The van der Waals surface area contributed by atoms with Crippen molar-refractivity contribution in [3.63, 3.8) is 0 Å². The highest BCUT2D eigenvalue weighted by atomic mass is 19.1. The van der Waals surface area contributed by atoms with Crippen molar-refractivity contribution in [2.75, 3.05) is 13.3 Å². The van der Waals surface area contributed by atoms with Gasteiger partial charge in [0.15, 0.2) is 0 Å². The summed E-state index contributed by atoms with van der Waals surface area (Å²) in [6.45, 7) is 4.91. The van der Waals surface area contributed by atoms with Gasteiger partial charge in [0, 0.05) is 0 Å². The Labute approximate surface area is 61.0 Å². The Hall–Kier alpha value is -0.150. The summed E-state index contributed by atoms with van der Waals surface area (Å²) in [6, 6.07) is 0. The molecule has 1 atom stereocenters. The summed E-state index contributed by atoms with van der Waals surface area (Å²) in [5.74, 6) is 0. The Bertz CT molecular complexity index is 88.1. The van der Waals surface area contributed by atoms with E-state index in [-0.39, 0.29) is 12.2 Å². The number of aliphatic hydroxyl groups excluding tert-OH is 1. The molecule has 0 aliphatic carbocycles. The quantitative estimate of drug-likeness (QED) is 0.653. The summed E-state index contributed by atoms with van der Waals surface area (Å²) in [7, 11) is 0. The third-order valence-electron chi connectivity index (χ3n) is 0.887. The van der Waals surface area contributed by atoms with E-state index < -0.39 is 12.8 Å². The van der Waals surface area contributed by atoms with Gasteiger partial charge in [0.2, 0.25) is 0 Å². The average molecular weight is 150 g/mol. The van der Waals surface area contributed by atoms with E-state index in [1.807, 2.05) is 20.8 Å². The molecule has 0 rings (SSSR count). The topological polar surface area (TPSA) is 29.5 Å². The second-order valence-electron chi connectivity index (χ2n) is 3.23. The molecule has 0 radical (unpaired) electrons. The molecule has 0 fully saturated rings. The maximum absolute atomic E-state index is 11.6. The number of hydrogen-bond acceptors (Lipinski definition) is 2. The van der Waals surface area contributed by atoms with Crippen LogP contribution in [0.1, 0.15) is 20.8 Å². The van der Waals surface area contributed by atoms with Crippen LogP contribution in [0.4, 0.5) is 4.39 Å². The van der Waals surface area contributed by atoms with Crippen molar-refractivity contribution in [2.24, 2.45) is 0 Å². The minimum atomic E-state index is -0.973. The van der Waals surface area contributed by atoms with Gasteiger partial charge in [-0.1, -0.05) is 0 Å². The normalized spacial score (nSPS) is 15.3. The first-order chi connectivity index (χ1) is 4.45. The van der Waals surface area contributed by atoms with E-state index in [2.05, 4.69) is 0 Å². The van der Waals surface area contributed by atoms with Gasteiger partial charge in [-0.25, -0.2) is 4.39 Å². The number of aliphatic hydroxyl groups is 1. The lowest BCUT2D eigenvalue weighted by molar-refractivity contribution is -0.0536. The first-order valence-electron chi connectivity index (χ1n) is 3.33. The van der Waals surface area contributed by atoms with Crippen LogP contribution in [0.5, 0.6) is 0 Å². The molecular weight excluding hydrogens is 135 g/mol. The fourth-order valence-corrected chi connectivity index (χ4v) is 0.391. The second-order valence-corrected chi connectivity index (χ2v) is 3.23. The average Bonchev–Trinajstić information content (AvgIpc) is 1.81. The SMILES string of the molecule is CC(C)(C)OCC(O)CF. The van der Waals surface area contributed by atoms with Gasteiger partial charge in [-0.15, -0.1) is 0 Å². The van der Waals surface area contributed by atoms with Crippen molar-refractivity contribution >= 4 is 0 Å². The van der Waals surface area contributed by atoms with Crippen molar-refractivity contribution in [3.05, 3.63) is 0 Å². The van der Waals surface area contributed by atoms with Crippen LogP contribution >= 0.6 is 0 Å². The highest BCUT2D eigenvalue weighted by molar-refractivity contribution is 4.61. The maximum atomic E-state index is 11.6. The summed E-state index contributed by atoms with van der Waals surface area (Å²) < 4.78 is 16.7. The van der Waals surface area contributed by atoms with Gasteiger partial charge in [0.1, 0.15) is 12.8 Å². The molecule has 0 heterocycles. The van der Waals surface area contributed by atoms with E-state index in [1.54, 1.807) is 0 Å². The van der Waals surface area contributed by atoms with E-state index in [1.165, 1.54) is 0 Å². The van der Waals surface area contributed by atoms with Crippen molar-refractivity contribution in [3.8, 4) is 0 Å². The minimum absolute atomic E-state index is 0.0694. The van der Waals surface area contributed by atoms with Gasteiger partial charge in [-0.05, 0) is 20.8 Å². The molecule has 0 aliphatic heterocycles. The van der Waals surface area contributed by atoms with Crippen LogP contribution < -0.4 is 0 Å². The Kier molecular flexibility index (Phi) is 3.83. The first-order valence-corrected chi connectivity index (χ1v) is 3.33. The lowest BCUT2D eigenvalue weighted by Crippen LogP contribution is -2.27. The van der Waals surface area contributed by atoms with Gasteiger partial charge in [0.05, 0.1) is 12.2 Å². The van der Waals surface area contributed by atoms with Crippen LogP contribution in [-0.2, 0) is 4.74 Å². The van der Waals surface area contributed by atoms with E-state index in [0.717, 1.165) is 0 Å². The Morgan fingerprint density at radius 2 is 2.00 bits per heavy atom. The third kappa shape index (κ3) is 5.98. The number of hydrogen-bond donors (Lipinski definition) is 1. The van der Waals surface area contributed by atoms with Crippen molar-refractivity contribution in [2.45, 2.75) is 32.5 Å². The number of halogens is 1. The molecule has 0 saturated carbocycles. The number of ether oxygens (including phenoxy) is 1. The fourth-order valence-electron chi connectivity index (χ4n) is 0.391. The standard InChI is InChI=1S/C7H15FO2/c1-7(2,3)10-5-6(9)4-8/h6,9H,4-5H2,1-3H3. The molecule has 0 aromatic carbocycles. The summed E-state index contributed by atoms with van der Waals surface area (Å²) in [4.78, 5) is 0. The molecule has 0 saturated heterocycles. The Balaban J connectivity index is 3.36. The molecule has 3 heteroatoms. The van der Waals surface area contributed by atoms with Crippen LogP contribution in [0.3, 0.4) is 0 Å². The molecule has 0 aliphatic rings. The molecule has 0 aromatic heterocycles. The van der Waals surface area contributed by atoms with E-state index in [4.69, 9.17) is 9.84 Å². The maximum Gasteiger partial charge on any atom is 0.118 e. The minimum Gasteiger partial charge on any atom is -0.388 e. The predicted molar refractivity (Wildman–Crippen MR) is 37.7 cm³/mol. The molecule has 62 valence electrons. The monoisotopic (exact) mass is 150 g/mol. The number of rotatable bonds is 3. The zero-order chi connectivity index (χ0) is 8.20. The Morgan fingerprint density at radius 1 is 1.50 bits per heavy atom. The molecular formula is C7H15FO2. The van der Waals surface area contributed by atoms with Gasteiger partial charge in [-0.2, -0.15) is 0 Å².